The lowest BCUT2D eigenvalue weighted by Gasteiger charge is -2.06. The molecule has 0 bridgehead atoms. The van der Waals surface area contributed by atoms with Crippen LogP contribution in [0.3, 0.4) is 0 Å². The normalized spacial score (nSPS) is 10.5. The Kier molecular flexibility index (Phi) is 7.82. The van der Waals surface area contributed by atoms with Gasteiger partial charge in [0.1, 0.15) is 12.4 Å². The smallest absolute Gasteiger partial charge is 0.329 e. The molecular formula is C19H21N3O4. The zero-order chi connectivity index (χ0) is 18.6. The molecule has 0 atom stereocenters. The van der Waals surface area contributed by atoms with Crippen LogP contribution in [0.2, 0.25) is 0 Å². The first-order valence-corrected chi connectivity index (χ1v) is 8.06. The Hall–Kier alpha value is -3.19. The lowest BCUT2D eigenvalue weighted by molar-refractivity contribution is -0.139. The van der Waals surface area contributed by atoms with Gasteiger partial charge >= 0.3 is 11.8 Å². The highest BCUT2D eigenvalue weighted by Gasteiger charge is 2.11. The van der Waals surface area contributed by atoms with E-state index in [-0.39, 0.29) is 6.54 Å². The average Bonchev–Trinajstić information content (AvgIpc) is 2.67. The maximum Gasteiger partial charge on any atom is 0.329 e. The van der Waals surface area contributed by atoms with Gasteiger partial charge in [-0.25, -0.2) is 5.43 Å². The first-order chi connectivity index (χ1) is 12.7. The molecule has 0 radical (unpaired) electrons. The Morgan fingerprint density at radius 3 is 2.65 bits per heavy atom. The van der Waals surface area contributed by atoms with Gasteiger partial charge in [-0.1, -0.05) is 42.5 Å². The minimum atomic E-state index is -0.839. The number of methoxy groups -OCH3 is 1. The second kappa shape index (κ2) is 10.6. The Bertz CT molecular complexity index is 747. The molecule has 0 heterocycles. The van der Waals surface area contributed by atoms with Crippen LogP contribution in [-0.2, 0) is 20.9 Å². The van der Waals surface area contributed by atoms with Gasteiger partial charge in [-0.05, 0) is 23.3 Å². The van der Waals surface area contributed by atoms with Gasteiger partial charge in [0, 0.05) is 13.7 Å². The van der Waals surface area contributed by atoms with Gasteiger partial charge < -0.3 is 14.8 Å². The van der Waals surface area contributed by atoms with Crippen LogP contribution >= 0.6 is 0 Å². The zero-order valence-electron chi connectivity index (χ0n) is 14.5. The van der Waals surface area contributed by atoms with Gasteiger partial charge in [0.05, 0.1) is 12.8 Å². The number of benzene rings is 2. The summed E-state index contributed by atoms with van der Waals surface area (Å²) in [7, 11) is 1.51. The lowest BCUT2D eigenvalue weighted by Crippen LogP contribution is -2.39. The van der Waals surface area contributed by atoms with E-state index in [1.807, 2.05) is 48.5 Å². The largest absolute Gasteiger partial charge is 0.489 e. The summed E-state index contributed by atoms with van der Waals surface area (Å²) >= 11 is 0. The molecule has 2 aromatic carbocycles. The van der Waals surface area contributed by atoms with Gasteiger partial charge in [0.2, 0.25) is 0 Å². The van der Waals surface area contributed by atoms with Crippen LogP contribution in [0.5, 0.6) is 5.75 Å². The van der Waals surface area contributed by atoms with E-state index in [0.29, 0.717) is 19.0 Å². The third-order valence-electron chi connectivity index (χ3n) is 3.28. The number of hydrogen-bond donors (Lipinski definition) is 2. The molecule has 0 aliphatic rings. The molecule has 2 N–H and O–H groups in total. The first-order valence-electron chi connectivity index (χ1n) is 8.06. The van der Waals surface area contributed by atoms with E-state index < -0.39 is 11.8 Å². The molecule has 7 heteroatoms. The van der Waals surface area contributed by atoms with E-state index in [9.17, 15) is 9.59 Å². The third-order valence-corrected chi connectivity index (χ3v) is 3.28. The van der Waals surface area contributed by atoms with Crippen molar-refractivity contribution in [3.8, 4) is 5.75 Å². The summed E-state index contributed by atoms with van der Waals surface area (Å²) < 4.78 is 10.5. The molecule has 2 amide bonds. The summed E-state index contributed by atoms with van der Waals surface area (Å²) in [6.07, 6.45) is 1.44. The predicted molar refractivity (Wildman–Crippen MR) is 97.8 cm³/mol. The topological polar surface area (TPSA) is 89.0 Å². The van der Waals surface area contributed by atoms with E-state index >= 15 is 0 Å². The van der Waals surface area contributed by atoms with Crippen molar-refractivity contribution in [1.29, 1.82) is 0 Å². The maximum absolute atomic E-state index is 11.6. The molecule has 136 valence electrons. The van der Waals surface area contributed by atoms with Gasteiger partial charge in [0.15, 0.2) is 0 Å². The second-order valence-corrected chi connectivity index (χ2v) is 5.29. The Morgan fingerprint density at radius 1 is 1.08 bits per heavy atom. The van der Waals surface area contributed by atoms with Crippen LogP contribution in [0.1, 0.15) is 11.1 Å². The fourth-order valence-electron chi connectivity index (χ4n) is 1.99. The Morgan fingerprint density at radius 2 is 1.88 bits per heavy atom. The van der Waals surface area contributed by atoms with Crippen LogP contribution in [0, 0.1) is 0 Å². The van der Waals surface area contributed by atoms with Crippen LogP contribution in [-0.4, -0.2) is 38.3 Å². The van der Waals surface area contributed by atoms with E-state index in [1.54, 1.807) is 6.07 Å². The predicted octanol–water partition coefficient (Wildman–Crippen LogP) is 1.48. The standard InChI is InChI=1S/C19H21N3O4/c1-25-11-10-20-18(23)19(24)22-21-13-16-8-5-9-17(12-16)26-14-15-6-3-2-4-7-15/h2-9,12-13H,10-11,14H2,1H3,(H,20,23)(H,22,24)/b21-13-. The number of ether oxygens (including phenoxy) is 2. The molecule has 2 rings (SSSR count). The average molecular weight is 355 g/mol. The number of carbonyl (C=O) groups excluding carboxylic acids is 2. The number of carbonyl (C=O) groups is 2. The Labute approximate surface area is 152 Å². The zero-order valence-corrected chi connectivity index (χ0v) is 14.5. The minimum absolute atomic E-state index is 0.257. The molecule has 0 spiro atoms. The Balaban J connectivity index is 1.82. The van der Waals surface area contributed by atoms with Crippen molar-refractivity contribution >= 4 is 18.0 Å². The first kappa shape index (κ1) is 19.1. The van der Waals surface area contributed by atoms with Crippen LogP contribution in [0.25, 0.3) is 0 Å². The van der Waals surface area contributed by atoms with Crippen molar-refractivity contribution in [1.82, 2.24) is 10.7 Å². The molecule has 2 aromatic rings. The lowest BCUT2D eigenvalue weighted by atomic mass is 10.2. The quantitative estimate of drug-likeness (QED) is 0.325. The van der Waals surface area contributed by atoms with Crippen molar-refractivity contribution in [2.45, 2.75) is 6.61 Å². The summed E-state index contributed by atoms with van der Waals surface area (Å²) in [5, 5.41) is 6.18. The number of rotatable bonds is 8. The summed E-state index contributed by atoms with van der Waals surface area (Å²) in [5.74, 6) is -0.922. The van der Waals surface area contributed by atoms with Gasteiger partial charge in [-0.2, -0.15) is 5.10 Å². The van der Waals surface area contributed by atoms with Crippen molar-refractivity contribution in [3.05, 3.63) is 65.7 Å². The molecule has 0 fully saturated rings. The third kappa shape index (κ3) is 6.74. The summed E-state index contributed by atoms with van der Waals surface area (Å²) in [6.45, 7) is 1.05. The molecule has 0 unspecified atom stereocenters. The molecule has 0 saturated heterocycles. The molecule has 0 aromatic heterocycles. The number of nitrogens with one attached hydrogen (secondary N) is 2. The summed E-state index contributed by atoms with van der Waals surface area (Å²) in [6, 6.07) is 17.1. The number of nitrogens with zero attached hydrogens (tertiary/aromatic N) is 1. The van der Waals surface area contributed by atoms with E-state index in [0.717, 1.165) is 11.1 Å². The van der Waals surface area contributed by atoms with Crippen LogP contribution in [0.4, 0.5) is 0 Å². The maximum atomic E-state index is 11.6. The van der Waals surface area contributed by atoms with Crippen LogP contribution < -0.4 is 15.5 Å². The molecule has 0 saturated carbocycles. The van der Waals surface area contributed by atoms with Gasteiger partial charge in [-0.3, -0.25) is 9.59 Å². The highest BCUT2D eigenvalue weighted by Crippen LogP contribution is 2.14. The van der Waals surface area contributed by atoms with E-state index in [2.05, 4.69) is 15.8 Å². The molecular weight excluding hydrogens is 334 g/mol. The number of hydrazone groups is 1. The molecule has 0 aliphatic carbocycles. The van der Waals surface area contributed by atoms with E-state index in [1.165, 1.54) is 13.3 Å². The van der Waals surface area contributed by atoms with Crippen molar-refractivity contribution in [3.63, 3.8) is 0 Å². The van der Waals surface area contributed by atoms with Gasteiger partial charge in [0.25, 0.3) is 0 Å². The van der Waals surface area contributed by atoms with E-state index in [4.69, 9.17) is 9.47 Å². The van der Waals surface area contributed by atoms with Crippen molar-refractivity contribution in [2.24, 2.45) is 5.10 Å². The summed E-state index contributed by atoms with van der Waals surface area (Å²) in [5.41, 5.74) is 3.97. The fraction of sp³-hybridized carbons (Fsp3) is 0.211. The molecule has 7 nitrogen and oxygen atoms in total. The fourth-order valence-corrected chi connectivity index (χ4v) is 1.99. The summed E-state index contributed by atoms with van der Waals surface area (Å²) in [4.78, 5) is 23.0. The second-order valence-electron chi connectivity index (χ2n) is 5.29. The monoisotopic (exact) mass is 355 g/mol. The van der Waals surface area contributed by atoms with Gasteiger partial charge in [-0.15, -0.1) is 0 Å². The highest BCUT2D eigenvalue weighted by atomic mass is 16.5. The van der Waals surface area contributed by atoms with Crippen molar-refractivity contribution < 1.29 is 19.1 Å². The molecule has 0 aliphatic heterocycles. The number of amides is 2. The van der Waals surface area contributed by atoms with Crippen molar-refractivity contribution in [2.75, 3.05) is 20.3 Å². The van der Waals surface area contributed by atoms with Crippen LogP contribution in [0.15, 0.2) is 59.7 Å². The molecule has 26 heavy (non-hydrogen) atoms. The SMILES string of the molecule is COCCNC(=O)C(=O)N/N=C\c1cccc(OCc2ccccc2)c1. The minimum Gasteiger partial charge on any atom is -0.489 e. The highest BCUT2D eigenvalue weighted by molar-refractivity contribution is 6.35. The number of hydrogen-bond acceptors (Lipinski definition) is 5.